The molecule has 0 aliphatic rings. The van der Waals surface area contributed by atoms with Crippen LogP contribution in [0.5, 0.6) is 0 Å². The molecule has 0 saturated heterocycles. The summed E-state index contributed by atoms with van der Waals surface area (Å²) in [5, 5.41) is 4.69. The van der Waals surface area contributed by atoms with Crippen molar-refractivity contribution in [3.05, 3.63) is 29.8 Å². The Morgan fingerprint density at radius 3 is 2.05 bits per heavy atom. The lowest BCUT2D eigenvalue weighted by molar-refractivity contribution is -0.118. The number of rotatable bonds is 6. The first-order valence-corrected chi connectivity index (χ1v) is 8.16. The van der Waals surface area contributed by atoms with E-state index in [9.17, 15) is 18.0 Å². The Bertz CT molecular complexity index is 606. The van der Waals surface area contributed by atoms with Gasteiger partial charge in [0.05, 0.1) is 10.1 Å². The number of hydrogen-bond acceptors (Lipinski definition) is 4. The lowest BCUT2D eigenvalue weighted by Gasteiger charge is -2.09. The Kier molecular flexibility index (Phi) is 5.90. The third-order valence-corrected chi connectivity index (χ3v) is 5.02. The molecule has 0 saturated carbocycles. The SMILES string of the molecule is CC(=O)NCCNC(=O)c1ccc(S(=O)(=O)C(C)C)cc1. The van der Waals surface area contributed by atoms with E-state index < -0.39 is 15.1 Å². The monoisotopic (exact) mass is 312 g/mol. The topological polar surface area (TPSA) is 92.3 Å². The standard InChI is InChI=1S/C14H20N2O4S/c1-10(2)21(19,20)13-6-4-12(5-7-13)14(18)16-9-8-15-11(3)17/h4-7,10H,8-9H2,1-3H3,(H,15,17)(H,16,18). The van der Waals surface area contributed by atoms with Crippen LogP contribution in [0.3, 0.4) is 0 Å². The summed E-state index contributed by atoms with van der Waals surface area (Å²) in [6.07, 6.45) is 0. The molecule has 116 valence electrons. The molecule has 0 fully saturated rings. The molecule has 1 rings (SSSR count). The van der Waals surface area contributed by atoms with Gasteiger partial charge in [0.15, 0.2) is 9.84 Å². The van der Waals surface area contributed by atoms with Crippen molar-refractivity contribution in [1.29, 1.82) is 0 Å². The number of carbonyl (C=O) groups excluding carboxylic acids is 2. The zero-order chi connectivity index (χ0) is 16.0. The Hall–Kier alpha value is -1.89. The summed E-state index contributed by atoms with van der Waals surface area (Å²) in [5.74, 6) is -0.471. The smallest absolute Gasteiger partial charge is 0.251 e. The Morgan fingerprint density at radius 2 is 1.57 bits per heavy atom. The minimum absolute atomic E-state index is 0.160. The highest BCUT2D eigenvalue weighted by Crippen LogP contribution is 2.16. The molecule has 0 heterocycles. The van der Waals surface area contributed by atoms with E-state index in [0.29, 0.717) is 18.7 Å². The highest BCUT2D eigenvalue weighted by molar-refractivity contribution is 7.92. The van der Waals surface area contributed by atoms with Crippen LogP contribution in [0.4, 0.5) is 0 Å². The van der Waals surface area contributed by atoms with Crippen molar-refractivity contribution in [2.75, 3.05) is 13.1 Å². The van der Waals surface area contributed by atoms with Gasteiger partial charge in [0.25, 0.3) is 5.91 Å². The number of sulfone groups is 1. The molecule has 0 aromatic heterocycles. The molecule has 0 radical (unpaired) electrons. The van der Waals surface area contributed by atoms with Crippen molar-refractivity contribution in [3.8, 4) is 0 Å². The van der Waals surface area contributed by atoms with Crippen molar-refractivity contribution in [1.82, 2.24) is 10.6 Å². The molecule has 0 unspecified atom stereocenters. The number of carbonyl (C=O) groups is 2. The fourth-order valence-corrected chi connectivity index (χ4v) is 2.64. The number of benzene rings is 1. The molecule has 6 nitrogen and oxygen atoms in total. The average molecular weight is 312 g/mol. The van der Waals surface area contributed by atoms with Gasteiger partial charge in [0.2, 0.25) is 5.91 Å². The summed E-state index contributed by atoms with van der Waals surface area (Å²) in [6.45, 7) is 5.27. The lowest BCUT2D eigenvalue weighted by atomic mass is 10.2. The van der Waals surface area contributed by atoms with E-state index in [1.54, 1.807) is 13.8 Å². The quantitative estimate of drug-likeness (QED) is 0.758. The molecular formula is C14H20N2O4S. The van der Waals surface area contributed by atoms with Gasteiger partial charge in [-0.3, -0.25) is 9.59 Å². The molecule has 2 N–H and O–H groups in total. The highest BCUT2D eigenvalue weighted by Gasteiger charge is 2.19. The molecule has 21 heavy (non-hydrogen) atoms. The summed E-state index contributed by atoms with van der Waals surface area (Å²) in [6, 6.07) is 5.81. The molecular weight excluding hydrogens is 292 g/mol. The Balaban J connectivity index is 2.66. The highest BCUT2D eigenvalue weighted by atomic mass is 32.2. The third-order valence-electron chi connectivity index (χ3n) is 2.85. The van der Waals surface area contributed by atoms with E-state index in [1.807, 2.05) is 0 Å². The van der Waals surface area contributed by atoms with E-state index in [0.717, 1.165) is 0 Å². The molecule has 0 atom stereocenters. The number of hydrogen-bond donors (Lipinski definition) is 2. The maximum Gasteiger partial charge on any atom is 0.251 e. The normalized spacial score (nSPS) is 11.2. The van der Waals surface area contributed by atoms with Crippen LogP contribution < -0.4 is 10.6 Å². The van der Waals surface area contributed by atoms with E-state index in [1.165, 1.54) is 31.2 Å². The molecule has 7 heteroatoms. The summed E-state index contributed by atoms with van der Waals surface area (Å²) in [7, 11) is -3.33. The largest absolute Gasteiger partial charge is 0.355 e. The van der Waals surface area contributed by atoms with Gasteiger partial charge in [-0.25, -0.2) is 8.42 Å². The van der Waals surface area contributed by atoms with Gasteiger partial charge in [0, 0.05) is 25.6 Å². The second-order valence-corrected chi connectivity index (χ2v) is 7.36. The van der Waals surface area contributed by atoms with Crippen LogP contribution in [0, 0.1) is 0 Å². The average Bonchev–Trinajstić information content (AvgIpc) is 2.43. The molecule has 0 bridgehead atoms. The summed E-state index contributed by atoms with van der Waals surface area (Å²) < 4.78 is 23.9. The predicted octanol–water partition coefficient (Wildman–Crippen LogP) is 0.735. The van der Waals surface area contributed by atoms with Crippen molar-refractivity contribution in [3.63, 3.8) is 0 Å². The first-order chi connectivity index (χ1) is 9.75. The second-order valence-electron chi connectivity index (χ2n) is 4.86. The summed E-state index contributed by atoms with van der Waals surface area (Å²) in [4.78, 5) is 22.7. The van der Waals surface area contributed by atoms with Gasteiger partial charge in [-0.05, 0) is 38.1 Å². The first kappa shape index (κ1) is 17.2. The van der Waals surface area contributed by atoms with Crippen LogP contribution in [0.1, 0.15) is 31.1 Å². The zero-order valence-electron chi connectivity index (χ0n) is 12.3. The van der Waals surface area contributed by atoms with Crippen LogP contribution in [-0.2, 0) is 14.6 Å². The van der Waals surface area contributed by atoms with E-state index in [2.05, 4.69) is 10.6 Å². The fourth-order valence-electron chi connectivity index (χ4n) is 1.58. The van der Waals surface area contributed by atoms with Crippen molar-refractivity contribution in [2.45, 2.75) is 30.9 Å². The Labute approximate surface area is 124 Å². The van der Waals surface area contributed by atoms with E-state index >= 15 is 0 Å². The van der Waals surface area contributed by atoms with E-state index in [-0.39, 0.29) is 16.7 Å². The number of nitrogens with one attached hydrogen (secondary N) is 2. The third kappa shape index (κ3) is 4.86. The molecule has 0 aliphatic heterocycles. The van der Waals surface area contributed by atoms with Crippen LogP contribution >= 0.6 is 0 Å². The minimum atomic E-state index is -3.33. The van der Waals surface area contributed by atoms with Gasteiger partial charge >= 0.3 is 0 Å². The molecule has 0 spiro atoms. The van der Waals surface area contributed by atoms with Crippen molar-refractivity contribution in [2.24, 2.45) is 0 Å². The zero-order valence-corrected chi connectivity index (χ0v) is 13.2. The lowest BCUT2D eigenvalue weighted by Crippen LogP contribution is -2.33. The van der Waals surface area contributed by atoms with E-state index in [4.69, 9.17) is 0 Å². The van der Waals surface area contributed by atoms with Crippen LogP contribution in [0.25, 0.3) is 0 Å². The summed E-state index contributed by atoms with van der Waals surface area (Å²) in [5.41, 5.74) is 0.375. The fraction of sp³-hybridized carbons (Fsp3) is 0.429. The second kappa shape index (κ2) is 7.21. The molecule has 2 amide bonds. The predicted molar refractivity (Wildman–Crippen MR) is 79.8 cm³/mol. The Morgan fingerprint density at radius 1 is 1.05 bits per heavy atom. The van der Waals surface area contributed by atoms with Crippen LogP contribution in [0.15, 0.2) is 29.2 Å². The number of amides is 2. The van der Waals surface area contributed by atoms with Crippen LogP contribution in [0.2, 0.25) is 0 Å². The van der Waals surface area contributed by atoms with Gasteiger partial charge in [-0.2, -0.15) is 0 Å². The molecule has 1 aromatic rings. The van der Waals surface area contributed by atoms with Gasteiger partial charge in [-0.1, -0.05) is 0 Å². The van der Waals surface area contributed by atoms with Gasteiger partial charge < -0.3 is 10.6 Å². The minimum Gasteiger partial charge on any atom is -0.355 e. The molecule has 0 aliphatic carbocycles. The maximum atomic E-state index is 11.9. The summed E-state index contributed by atoms with van der Waals surface area (Å²) >= 11 is 0. The van der Waals surface area contributed by atoms with Crippen molar-refractivity contribution < 1.29 is 18.0 Å². The van der Waals surface area contributed by atoms with Crippen molar-refractivity contribution >= 4 is 21.7 Å². The van der Waals surface area contributed by atoms with Crippen LogP contribution in [-0.4, -0.2) is 38.6 Å². The van der Waals surface area contributed by atoms with Gasteiger partial charge in [0.1, 0.15) is 0 Å². The van der Waals surface area contributed by atoms with Gasteiger partial charge in [-0.15, -0.1) is 0 Å². The maximum absolute atomic E-state index is 11.9. The first-order valence-electron chi connectivity index (χ1n) is 6.61. The molecule has 1 aromatic carbocycles.